The Hall–Kier alpha value is -1.58. The van der Waals surface area contributed by atoms with Gasteiger partial charge in [-0.05, 0) is 6.07 Å². The van der Waals surface area contributed by atoms with E-state index in [1.165, 1.54) is 0 Å². The number of imidazole rings is 1. The van der Waals surface area contributed by atoms with Gasteiger partial charge in [-0.2, -0.15) is 4.98 Å². The van der Waals surface area contributed by atoms with Gasteiger partial charge < -0.3 is 9.72 Å². The third-order valence-corrected chi connectivity index (χ3v) is 2.24. The minimum absolute atomic E-state index is 0.00787. The van der Waals surface area contributed by atoms with Gasteiger partial charge in [0, 0.05) is 11.5 Å². The Bertz CT molecular complexity index is 482. The summed E-state index contributed by atoms with van der Waals surface area (Å²) in [6, 6.07) is 3.76. The van der Waals surface area contributed by atoms with Crippen LogP contribution in [0.3, 0.4) is 0 Å². The quantitative estimate of drug-likeness (QED) is 0.777. The predicted molar refractivity (Wildman–Crippen MR) is 59.1 cm³/mol. The van der Waals surface area contributed by atoms with E-state index in [0.717, 1.165) is 11.3 Å². The van der Waals surface area contributed by atoms with Crippen LogP contribution in [-0.4, -0.2) is 22.1 Å². The molecule has 4 nitrogen and oxygen atoms in total. The maximum atomic E-state index is 5.05. The molecule has 0 fully saturated rings. The molecule has 0 aliphatic heterocycles. The molecular weight excluding hydrogens is 190 g/mol. The summed E-state index contributed by atoms with van der Waals surface area (Å²) in [6.07, 6.45) is 0. The number of nitrogens with one attached hydrogen (secondary N) is 1. The van der Waals surface area contributed by atoms with Crippen LogP contribution >= 0.6 is 0 Å². The highest BCUT2D eigenvalue weighted by molar-refractivity contribution is 5.71. The van der Waals surface area contributed by atoms with Crippen LogP contribution in [0.1, 0.15) is 26.6 Å². The van der Waals surface area contributed by atoms with Gasteiger partial charge in [0.05, 0.1) is 12.6 Å². The molecule has 0 spiro atoms. The number of aromatic nitrogens is 3. The highest BCUT2D eigenvalue weighted by Gasteiger charge is 2.18. The number of methoxy groups -OCH3 is 1. The summed E-state index contributed by atoms with van der Waals surface area (Å²) in [5, 5.41) is 0. The molecule has 15 heavy (non-hydrogen) atoms. The van der Waals surface area contributed by atoms with Gasteiger partial charge in [-0.15, -0.1) is 0 Å². The van der Waals surface area contributed by atoms with Crippen LogP contribution in [0, 0.1) is 0 Å². The van der Waals surface area contributed by atoms with Crippen molar-refractivity contribution < 1.29 is 4.74 Å². The molecular formula is C11H15N3O. The molecule has 0 aliphatic carbocycles. The average molecular weight is 205 g/mol. The Kier molecular flexibility index (Phi) is 2.14. The van der Waals surface area contributed by atoms with E-state index in [1.807, 2.05) is 12.1 Å². The second-order valence-electron chi connectivity index (χ2n) is 4.56. The summed E-state index contributed by atoms with van der Waals surface area (Å²) < 4.78 is 5.05. The molecule has 0 bridgehead atoms. The third kappa shape index (κ3) is 1.79. The lowest BCUT2D eigenvalue weighted by Crippen LogP contribution is -2.12. The molecule has 0 saturated heterocycles. The summed E-state index contributed by atoms with van der Waals surface area (Å²) in [5.74, 6) is 1.53. The van der Waals surface area contributed by atoms with Crippen molar-refractivity contribution in [3.05, 3.63) is 18.0 Å². The van der Waals surface area contributed by atoms with Gasteiger partial charge >= 0.3 is 0 Å². The van der Waals surface area contributed by atoms with Crippen molar-refractivity contribution in [2.45, 2.75) is 26.2 Å². The summed E-state index contributed by atoms with van der Waals surface area (Å²) in [4.78, 5) is 12.0. The lowest BCUT2D eigenvalue weighted by molar-refractivity contribution is 0.399. The van der Waals surface area contributed by atoms with Crippen molar-refractivity contribution >= 4 is 11.2 Å². The minimum Gasteiger partial charge on any atom is -0.481 e. The zero-order valence-electron chi connectivity index (χ0n) is 9.46. The first-order valence-corrected chi connectivity index (χ1v) is 4.92. The van der Waals surface area contributed by atoms with Gasteiger partial charge in [0.15, 0.2) is 5.65 Å². The first-order valence-electron chi connectivity index (χ1n) is 4.92. The number of nitrogens with zero attached hydrogens (tertiary/aromatic N) is 2. The fourth-order valence-electron chi connectivity index (χ4n) is 1.34. The second-order valence-corrected chi connectivity index (χ2v) is 4.56. The monoisotopic (exact) mass is 205 g/mol. The lowest BCUT2D eigenvalue weighted by Gasteiger charge is -2.13. The summed E-state index contributed by atoms with van der Waals surface area (Å²) in [5.41, 5.74) is 1.66. The van der Waals surface area contributed by atoms with Gasteiger partial charge in [-0.25, -0.2) is 4.98 Å². The van der Waals surface area contributed by atoms with Crippen molar-refractivity contribution in [1.82, 2.24) is 15.0 Å². The summed E-state index contributed by atoms with van der Waals surface area (Å²) >= 11 is 0. The third-order valence-electron chi connectivity index (χ3n) is 2.24. The Morgan fingerprint density at radius 1 is 1.20 bits per heavy atom. The van der Waals surface area contributed by atoms with E-state index < -0.39 is 0 Å². The van der Waals surface area contributed by atoms with Gasteiger partial charge in [-0.1, -0.05) is 20.8 Å². The number of fused-ring (bicyclic) bond motifs is 1. The number of hydrogen-bond acceptors (Lipinski definition) is 3. The number of pyridine rings is 1. The first kappa shape index (κ1) is 9.96. The molecule has 0 saturated carbocycles. The van der Waals surface area contributed by atoms with Crippen molar-refractivity contribution in [2.24, 2.45) is 0 Å². The van der Waals surface area contributed by atoms with Crippen molar-refractivity contribution in [3.63, 3.8) is 0 Å². The van der Waals surface area contributed by atoms with E-state index in [2.05, 4.69) is 35.7 Å². The van der Waals surface area contributed by atoms with E-state index in [4.69, 9.17) is 4.74 Å². The maximum absolute atomic E-state index is 5.05. The number of aromatic amines is 1. The Balaban J connectivity index is 2.56. The normalized spacial score (nSPS) is 12.0. The largest absolute Gasteiger partial charge is 0.481 e. The van der Waals surface area contributed by atoms with E-state index in [-0.39, 0.29) is 5.41 Å². The van der Waals surface area contributed by atoms with Crippen LogP contribution in [0.15, 0.2) is 12.1 Å². The smallest absolute Gasteiger partial charge is 0.215 e. The molecule has 2 heterocycles. The van der Waals surface area contributed by atoms with Gasteiger partial charge in [0.1, 0.15) is 5.82 Å². The van der Waals surface area contributed by atoms with E-state index in [0.29, 0.717) is 11.5 Å². The highest BCUT2D eigenvalue weighted by Crippen LogP contribution is 2.22. The van der Waals surface area contributed by atoms with E-state index in [1.54, 1.807) is 7.11 Å². The zero-order valence-corrected chi connectivity index (χ0v) is 9.46. The Labute approximate surface area is 88.7 Å². The highest BCUT2D eigenvalue weighted by atomic mass is 16.5. The maximum Gasteiger partial charge on any atom is 0.215 e. The fraction of sp³-hybridized carbons (Fsp3) is 0.455. The van der Waals surface area contributed by atoms with E-state index >= 15 is 0 Å². The van der Waals surface area contributed by atoms with Crippen LogP contribution in [0.4, 0.5) is 0 Å². The minimum atomic E-state index is 0.00787. The van der Waals surface area contributed by atoms with Crippen LogP contribution in [0.5, 0.6) is 5.88 Å². The van der Waals surface area contributed by atoms with Crippen molar-refractivity contribution in [2.75, 3.05) is 7.11 Å². The zero-order chi connectivity index (χ0) is 11.1. The number of rotatable bonds is 1. The standard InChI is InChI=1S/C11H15N3O/c1-11(2,3)10-12-7-5-6-8(15-4)13-9(7)14-10/h5-6H,1-4H3,(H,12,13,14). The summed E-state index contributed by atoms with van der Waals surface area (Å²) in [7, 11) is 1.60. The molecule has 1 N–H and O–H groups in total. The van der Waals surface area contributed by atoms with Crippen LogP contribution in [0.2, 0.25) is 0 Å². The van der Waals surface area contributed by atoms with E-state index in [9.17, 15) is 0 Å². The molecule has 2 rings (SSSR count). The van der Waals surface area contributed by atoms with Crippen LogP contribution in [0.25, 0.3) is 11.2 Å². The van der Waals surface area contributed by atoms with Crippen LogP contribution in [-0.2, 0) is 5.41 Å². The average Bonchev–Trinajstić information content (AvgIpc) is 2.59. The topological polar surface area (TPSA) is 50.8 Å². The molecule has 0 aromatic carbocycles. The SMILES string of the molecule is COc1ccc2[nH]c(C(C)(C)C)nc2n1. The van der Waals surface area contributed by atoms with Crippen molar-refractivity contribution in [3.8, 4) is 5.88 Å². The lowest BCUT2D eigenvalue weighted by atomic mass is 9.96. The molecule has 80 valence electrons. The number of ether oxygens (including phenoxy) is 1. The van der Waals surface area contributed by atoms with Gasteiger partial charge in [0.2, 0.25) is 5.88 Å². The molecule has 0 amide bonds. The first-order chi connectivity index (χ1) is 7.00. The molecule has 0 unspecified atom stereocenters. The van der Waals surface area contributed by atoms with Gasteiger partial charge in [0.25, 0.3) is 0 Å². The van der Waals surface area contributed by atoms with Gasteiger partial charge in [-0.3, -0.25) is 0 Å². The molecule has 0 radical (unpaired) electrons. The molecule has 4 heteroatoms. The molecule has 0 atom stereocenters. The molecule has 2 aromatic rings. The summed E-state index contributed by atoms with van der Waals surface area (Å²) in [6.45, 7) is 6.34. The Morgan fingerprint density at radius 3 is 2.53 bits per heavy atom. The molecule has 2 aromatic heterocycles. The second kappa shape index (κ2) is 3.22. The fourth-order valence-corrected chi connectivity index (χ4v) is 1.34. The van der Waals surface area contributed by atoms with Crippen LogP contribution < -0.4 is 4.74 Å². The molecule has 0 aliphatic rings. The predicted octanol–water partition coefficient (Wildman–Crippen LogP) is 2.26. The van der Waals surface area contributed by atoms with Crippen molar-refractivity contribution in [1.29, 1.82) is 0 Å². The Morgan fingerprint density at radius 2 is 1.93 bits per heavy atom. The number of H-pyrrole nitrogens is 1. The number of hydrogen-bond donors (Lipinski definition) is 1.